The Kier molecular flexibility index (Phi) is 3.74. The van der Waals surface area contributed by atoms with Crippen LogP contribution in [0.15, 0.2) is 18.3 Å². The normalized spacial score (nSPS) is 13.7. The molecule has 0 saturated heterocycles. The number of thiophene rings is 1. The van der Waals surface area contributed by atoms with Gasteiger partial charge in [0.15, 0.2) is 16.6 Å². The summed E-state index contributed by atoms with van der Waals surface area (Å²) in [6.07, 6.45) is 3.10. The van der Waals surface area contributed by atoms with Crippen molar-refractivity contribution in [3.8, 4) is 33.6 Å². The number of hydrogen-bond donors (Lipinski definition) is 1. The van der Waals surface area contributed by atoms with Gasteiger partial charge in [-0.2, -0.15) is 5.10 Å². The van der Waals surface area contributed by atoms with Gasteiger partial charge in [0.25, 0.3) is 5.91 Å². The van der Waals surface area contributed by atoms with Crippen molar-refractivity contribution in [3.63, 3.8) is 0 Å². The predicted octanol–water partition coefficient (Wildman–Crippen LogP) is 2.78. The van der Waals surface area contributed by atoms with E-state index in [1.54, 1.807) is 17.9 Å². The van der Waals surface area contributed by atoms with E-state index in [9.17, 15) is 14.9 Å². The molecule has 2 N–H and O–H groups in total. The van der Waals surface area contributed by atoms with Gasteiger partial charge in [0.1, 0.15) is 0 Å². The Balaban J connectivity index is 1.69. The zero-order chi connectivity index (χ0) is 20.3. The molecule has 0 saturated carbocycles. The van der Waals surface area contributed by atoms with Crippen molar-refractivity contribution in [2.75, 3.05) is 6.79 Å². The fourth-order valence-corrected chi connectivity index (χ4v) is 4.74. The molecule has 1 aliphatic carbocycles. The third-order valence-corrected chi connectivity index (χ3v) is 6.07. The maximum atomic E-state index is 12.0. The Morgan fingerprint density at radius 2 is 2.10 bits per heavy atom. The maximum absolute atomic E-state index is 12.0. The number of primary amides is 1. The van der Waals surface area contributed by atoms with E-state index >= 15 is 0 Å². The molecule has 0 unspecified atom stereocenters. The number of nitrogens with two attached hydrogens (primary N) is 1. The predicted molar refractivity (Wildman–Crippen MR) is 102 cm³/mol. The van der Waals surface area contributed by atoms with Crippen molar-refractivity contribution in [1.29, 1.82) is 0 Å². The molecule has 1 amide bonds. The molecular weight excluding hydrogens is 400 g/mol. The molecule has 10 nitrogen and oxygen atoms in total. The van der Waals surface area contributed by atoms with E-state index in [4.69, 9.17) is 19.9 Å². The van der Waals surface area contributed by atoms with Gasteiger partial charge in [0.2, 0.25) is 12.5 Å². The van der Waals surface area contributed by atoms with Crippen LogP contribution in [0.4, 0.5) is 5.69 Å². The molecule has 2 aromatic heterocycles. The highest BCUT2D eigenvalue weighted by atomic mass is 32.1. The van der Waals surface area contributed by atoms with Crippen molar-refractivity contribution in [2.45, 2.75) is 12.8 Å². The lowest BCUT2D eigenvalue weighted by Gasteiger charge is -2.16. The zero-order valence-electron chi connectivity index (χ0n) is 15.1. The Hall–Kier alpha value is -3.60. The average molecular weight is 414 g/mol. The first-order valence-corrected chi connectivity index (χ1v) is 9.48. The van der Waals surface area contributed by atoms with E-state index in [1.807, 2.05) is 0 Å². The van der Waals surface area contributed by atoms with E-state index in [-0.39, 0.29) is 24.0 Å². The number of ether oxygens (including phenoxy) is 3. The van der Waals surface area contributed by atoms with Crippen LogP contribution in [0.1, 0.15) is 20.8 Å². The minimum absolute atomic E-state index is 0.00591. The SMILES string of the molecule is Cn1ncc2c1-c1c(Oc3cc4c(cc3[N+](=O)[O-])OCO4)sc(C(N)=O)c1CC2. The lowest BCUT2D eigenvalue weighted by molar-refractivity contribution is -0.385. The topological polar surface area (TPSA) is 132 Å². The van der Waals surface area contributed by atoms with Gasteiger partial charge in [-0.1, -0.05) is 11.3 Å². The minimum Gasteiger partial charge on any atom is -0.453 e. The van der Waals surface area contributed by atoms with Crippen LogP contribution in [0.25, 0.3) is 11.3 Å². The van der Waals surface area contributed by atoms with Crippen LogP contribution >= 0.6 is 11.3 Å². The van der Waals surface area contributed by atoms with Crippen LogP contribution in [-0.4, -0.2) is 27.4 Å². The Bertz CT molecular complexity index is 1200. The average Bonchev–Trinajstić information content (AvgIpc) is 3.38. The van der Waals surface area contributed by atoms with Gasteiger partial charge in [-0.25, -0.2) is 0 Å². The Morgan fingerprint density at radius 3 is 2.83 bits per heavy atom. The summed E-state index contributed by atoms with van der Waals surface area (Å²) in [5.41, 5.74) is 8.61. The first-order valence-electron chi connectivity index (χ1n) is 8.66. The lowest BCUT2D eigenvalue weighted by Crippen LogP contribution is -2.13. The van der Waals surface area contributed by atoms with Crippen molar-refractivity contribution in [2.24, 2.45) is 12.8 Å². The molecule has 0 bridgehead atoms. The van der Waals surface area contributed by atoms with Crippen LogP contribution in [-0.2, 0) is 19.9 Å². The molecule has 0 atom stereocenters. The van der Waals surface area contributed by atoms with Crippen molar-refractivity contribution in [3.05, 3.63) is 44.4 Å². The third kappa shape index (κ3) is 2.62. The van der Waals surface area contributed by atoms with Gasteiger partial charge in [-0.05, 0) is 24.0 Å². The number of aryl methyl sites for hydroxylation is 2. The van der Waals surface area contributed by atoms with Crippen LogP contribution in [0, 0.1) is 10.1 Å². The van der Waals surface area contributed by atoms with E-state index < -0.39 is 10.8 Å². The molecule has 0 fully saturated rings. The number of nitrogens with zero attached hydrogens (tertiary/aromatic N) is 3. The fourth-order valence-electron chi connectivity index (χ4n) is 3.68. The highest BCUT2D eigenvalue weighted by Crippen LogP contribution is 2.51. The lowest BCUT2D eigenvalue weighted by atomic mass is 9.91. The van der Waals surface area contributed by atoms with Gasteiger partial charge in [-0.3, -0.25) is 19.6 Å². The van der Waals surface area contributed by atoms with Crippen LogP contribution < -0.4 is 19.9 Å². The number of nitro groups is 1. The summed E-state index contributed by atoms with van der Waals surface area (Å²) < 4.78 is 18.2. The molecule has 3 heterocycles. The number of carbonyl (C=O) groups is 1. The summed E-state index contributed by atoms with van der Waals surface area (Å²) in [7, 11) is 1.79. The van der Waals surface area contributed by atoms with E-state index in [1.165, 1.54) is 12.1 Å². The van der Waals surface area contributed by atoms with Gasteiger partial charge >= 0.3 is 5.69 Å². The smallest absolute Gasteiger partial charge is 0.315 e. The fraction of sp³-hybridized carbons (Fsp3) is 0.222. The van der Waals surface area contributed by atoms with Crippen molar-refractivity contribution < 1.29 is 23.9 Å². The molecule has 2 aliphatic rings. The second kappa shape index (κ2) is 6.21. The molecule has 0 spiro atoms. The van der Waals surface area contributed by atoms with Gasteiger partial charge in [0.05, 0.1) is 33.3 Å². The summed E-state index contributed by atoms with van der Waals surface area (Å²) in [5.74, 6) is 0.0666. The van der Waals surface area contributed by atoms with E-state index in [0.29, 0.717) is 27.7 Å². The summed E-state index contributed by atoms with van der Waals surface area (Å²) >= 11 is 1.08. The molecule has 5 rings (SSSR count). The summed E-state index contributed by atoms with van der Waals surface area (Å²) in [4.78, 5) is 23.4. The highest BCUT2D eigenvalue weighted by molar-refractivity contribution is 7.16. The maximum Gasteiger partial charge on any atom is 0.315 e. The molecule has 1 aromatic carbocycles. The van der Waals surface area contributed by atoms with Crippen LogP contribution in [0.5, 0.6) is 22.3 Å². The van der Waals surface area contributed by atoms with Crippen LogP contribution in [0.2, 0.25) is 0 Å². The second-order valence-corrected chi connectivity index (χ2v) is 7.59. The number of amides is 1. The van der Waals surface area contributed by atoms with Crippen molar-refractivity contribution in [1.82, 2.24) is 9.78 Å². The quantitative estimate of drug-likeness (QED) is 0.513. The third-order valence-electron chi connectivity index (χ3n) is 4.95. The largest absolute Gasteiger partial charge is 0.453 e. The van der Waals surface area contributed by atoms with Crippen LogP contribution in [0.3, 0.4) is 0 Å². The van der Waals surface area contributed by atoms with Gasteiger partial charge in [0, 0.05) is 13.1 Å². The number of nitro benzene ring substituents is 1. The summed E-state index contributed by atoms with van der Waals surface area (Å²) in [6, 6.07) is 2.69. The molecular formula is C18H14N4O6S. The Labute approximate surface area is 167 Å². The number of rotatable bonds is 4. The second-order valence-electron chi connectivity index (χ2n) is 6.61. The number of aromatic nitrogens is 2. The Morgan fingerprint density at radius 1 is 1.34 bits per heavy atom. The van der Waals surface area contributed by atoms with E-state index in [0.717, 1.165) is 34.6 Å². The van der Waals surface area contributed by atoms with Gasteiger partial charge in [-0.15, -0.1) is 0 Å². The number of benzene rings is 1. The molecule has 3 aromatic rings. The molecule has 11 heteroatoms. The highest BCUT2D eigenvalue weighted by Gasteiger charge is 2.33. The summed E-state index contributed by atoms with van der Waals surface area (Å²) in [6.45, 7) is -0.0193. The number of carbonyl (C=O) groups excluding carboxylic acids is 1. The zero-order valence-corrected chi connectivity index (χ0v) is 15.9. The molecule has 1 aliphatic heterocycles. The molecule has 148 valence electrons. The monoisotopic (exact) mass is 414 g/mol. The standard InChI is InChI=1S/C18H14N4O6S/c1-21-15-8(6-20-21)2-3-9-14(15)18(29-16(9)17(19)23)28-11-5-13-12(26-7-27-13)4-10(11)22(24)25/h4-6H,2-3,7H2,1H3,(H2,19,23). The van der Waals surface area contributed by atoms with Crippen molar-refractivity contribution >= 4 is 22.9 Å². The first kappa shape index (κ1) is 17.5. The molecule has 29 heavy (non-hydrogen) atoms. The first-order chi connectivity index (χ1) is 13.9. The molecule has 0 radical (unpaired) electrons. The minimum atomic E-state index is -0.563. The number of hydrogen-bond acceptors (Lipinski definition) is 8. The summed E-state index contributed by atoms with van der Waals surface area (Å²) in [5, 5.41) is 16.2. The number of fused-ring (bicyclic) bond motifs is 4. The van der Waals surface area contributed by atoms with Gasteiger partial charge < -0.3 is 19.9 Å². The van der Waals surface area contributed by atoms with E-state index in [2.05, 4.69) is 5.10 Å².